The Balaban J connectivity index is 2.24. The highest BCUT2D eigenvalue weighted by molar-refractivity contribution is 6.24. The molecule has 1 aromatic rings. The van der Waals surface area contributed by atoms with E-state index in [2.05, 4.69) is 0 Å². The van der Waals surface area contributed by atoms with Gasteiger partial charge in [0.2, 0.25) is 5.78 Å². The van der Waals surface area contributed by atoms with Crippen molar-refractivity contribution in [2.24, 2.45) is 28.6 Å². The largest absolute Gasteiger partial charge is 0.508 e. The maximum atomic E-state index is 14.8. The SMILES string of the molecule is CCC(=O)C[C@@H]1[C@]2(C)C(=C(O)c3c(ccc(C(C)(C)C)c3O)[C@H]2C)C(=O)[C@@]2(O)C(O)=C(C(C)=O)C(=O)C(C(C)C)[C@@]12C. The van der Waals surface area contributed by atoms with Crippen LogP contribution < -0.4 is 0 Å². The van der Waals surface area contributed by atoms with Crippen LogP contribution >= 0.6 is 0 Å². The van der Waals surface area contributed by atoms with Crippen molar-refractivity contribution in [1.29, 1.82) is 0 Å². The number of rotatable bonds is 5. The van der Waals surface area contributed by atoms with E-state index in [0.717, 1.165) is 6.92 Å². The van der Waals surface area contributed by atoms with Crippen molar-refractivity contribution in [2.75, 3.05) is 0 Å². The van der Waals surface area contributed by atoms with Crippen LogP contribution in [0.1, 0.15) is 105 Å². The summed E-state index contributed by atoms with van der Waals surface area (Å²) >= 11 is 0. The fraction of sp³-hybridized carbons (Fsp3) is 0.588. The Morgan fingerprint density at radius 3 is 2.10 bits per heavy atom. The van der Waals surface area contributed by atoms with Gasteiger partial charge in [-0.05, 0) is 35.7 Å². The van der Waals surface area contributed by atoms with E-state index in [-0.39, 0.29) is 35.5 Å². The lowest BCUT2D eigenvalue weighted by atomic mass is 9.37. The zero-order chi connectivity index (χ0) is 32.1. The molecule has 1 aromatic carbocycles. The van der Waals surface area contributed by atoms with Crippen LogP contribution in [0.25, 0.3) is 5.76 Å². The molecular formula is C34H44O8. The molecule has 1 unspecified atom stereocenters. The van der Waals surface area contributed by atoms with E-state index in [0.29, 0.717) is 11.1 Å². The first-order valence-electron chi connectivity index (χ1n) is 14.7. The van der Waals surface area contributed by atoms with Gasteiger partial charge in [-0.25, -0.2) is 0 Å². The van der Waals surface area contributed by atoms with Gasteiger partial charge in [-0.1, -0.05) is 74.4 Å². The fourth-order valence-electron chi connectivity index (χ4n) is 8.53. The van der Waals surface area contributed by atoms with Gasteiger partial charge in [0.25, 0.3) is 0 Å². The van der Waals surface area contributed by atoms with Gasteiger partial charge in [-0.3, -0.25) is 19.2 Å². The molecule has 3 aliphatic rings. The summed E-state index contributed by atoms with van der Waals surface area (Å²) in [6.45, 7) is 17.1. The van der Waals surface area contributed by atoms with Crippen molar-refractivity contribution in [2.45, 2.75) is 99.0 Å². The van der Waals surface area contributed by atoms with Crippen molar-refractivity contribution < 1.29 is 39.6 Å². The van der Waals surface area contributed by atoms with Gasteiger partial charge in [0.15, 0.2) is 17.2 Å². The topological polar surface area (TPSA) is 149 Å². The molecule has 8 heteroatoms. The highest BCUT2D eigenvalue weighted by atomic mass is 16.3. The summed E-state index contributed by atoms with van der Waals surface area (Å²) in [6.07, 6.45) is 0.00234. The molecule has 0 heterocycles. The lowest BCUT2D eigenvalue weighted by Crippen LogP contribution is -2.73. The summed E-state index contributed by atoms with van der Waals surface area (Å²) in [4.78, 5) is 54.7. The number of hydrogen-bond donors (Lipinski definition) is 4. The first kappa shape index (κ1) is 31.7. The van der Waals surface area contributed by atoms with Gasteiger partial charge in [0.05, 0.1) is 5.56 Å². The predicted molar refractivity (Wildman–Crippen MR) is 158 cm³/mol. The Hall–Kier alpha value is -3.26. The number of aromatic hydroxyl groups is 1. The second-order valence-electron chi connectivity index (χ2n) is 14.2. The van der Waals surface area contributed by atoms with Crippen LogP contribution in [0.4, 0.5) is 0 Å². The van der Waals surface area contributed by atoms with E-state index in [4.69, 9.17) is 0 Å². The van der Waals surface area contributed by atoms with Gasteiger partial charge < -0.3 is 20.4 Å². The second kappa shape index (κ2) is 9.63. The minimum Gasteiger partial charge on any atom is -0.508 e. The highest BCUT2D eigenvalue weighted by Gasteiger charge is 2.76. The molecule has 4 N–H and O–H groups in total. The molecule has 42 heavy (non-hydrogen) atoms. The van der Waals surface area contributed by atoms with Crippen molar-refractivity contribution in [3.63, 3.8) is 0 Å². The third-order valence-electron chi connectivity index (χ3n) is 10.8. The van der Waals surface area contributed by atoms with Crippen LogP contribution in [-0.2, 0) is 24.6 Å². The molecule has 1 fully saturated rings. The number of phenolic OH excluding ortho intramolecular Hbond substituents is 1. The van der Waals surface area contributed by atoms with Crippen molar-refractivity contribution in [3.05, 3.63) is 45.7 Å². The number of benzene rings is 1. The molecule has 0 aromatic heterocycles. The van der Waals surface area contributed by atoms with Gasteiger partial charge in [0.1, 0.15) is 28.6 Å². The summed E-state index contributed by atoms with van der Waals surface area (Å²) in [7, 11) is 0. The van der Waals surface area contributed by atoms with Crippen molar-refractivity contribution >= 4 is 28.9 Å². The number of phenols is 1. The average molecular weight is 581 g/mol. The minimum atomic E-state index is -2.80. The number of fused-ring (bicyclic) bond motifs is 3. The highest BCUT2D eigenvalue weighted by Crippen LogP contribution is 2.71. The van der Waals surface area contributed by atoms with E-state index in [1.165, 1.54) is 0 Å². The van der Waals surface area contributed by atoms with Gasteiger partial charge in [-0.2, -0.15) is 0 Å². The monoisotopic (exact) mass is 580 g/mol. The van der Waals surface area contributed by atoms with Crippen molar-refractivity contribution in [1.82, 2.24) is 0 Å². The number of carbonyl (C=O) groups excluding carboxylic acids is 4. The van der Waals surface area contributed by atoms with Gasteiger partial charge >= 0.3 is 0 Å². The second-order valence-corrected chi connectivity index (χ2v) is 14.2. The average Bonchev–Trinajstić information content (AvgIpc) is 2.86. The first-order chi connectivity index (χ1) is 19.2. The number of aliphatic hydroxyl groups excluding tert-OH is 2. The molecule has 4 rings (SSSR count). The van der Waals surface area contributed by atoms with E-state index in [9.17, 15) is 39.6 Å². The number of hydrogen-bond acceptors (Lipinski definition) is 8. The third-order valence-corrected chi connectivity index (χ3v) is 10.8. The minimum absolute atomic E-state index is 0.0612. The van der Waals surface area contributed by atoms with Gasteiger partial charge in [0, 0.05) is 40.7 Å². The van der Waals surface area contributed by atoms with E-state index >= 15 is 0 Å². The molecule has 6 atom stereocenters. The molecule has 0 amide bonds. The Bertz CT molecular complexity index is 1490. The van der Waals surface area contributed by atoms with Crippen LogP contribution in [0.2, 0.25) is 0 Å². The van der Waals surface area contributed by atoms with E-state index < -0.39 is 80.0 Å². The molecule has 0 saturated heterocycles. The maximum Gasteiger partial charge on any atom is 0.203 e. The van der Waals surface area contributed by atoms with Crippen molar-refractivity contribution in [3.8, 4) is 5.75 Å². The molecule has 0 bridgehead atoms. The lowest BCUT2D eigenvalue weighted by molar-refractivity contribution is -0.199. The predicted octanol–water partition coefficient (Wildman–Crippen LogP) is 5.64. The number of aliphatic hydroxyl groups is 3. The number of Topliss-reactive ketones (excluding diaryl/α,β-unsaturated/α-hetero) is 4. The zero-order valence-corrected chi connectivity index (χ0v) is 26.3. The van der Waals surface area contributed by atoms with Crippen LogP contribution in [0.15, 0.2) is 29.0 Å². The van der Waals surface area contributed by atoms with Crippen LogP contribution in [0, 0.1) is 28.6 Å². The standard InChI is InChI=1S/C34H44O8/c1-11-18(36)14-21-32(9)16(4)19-12-13-20(31(6,7)8)26(37)23(19)28(39)25(32)30(41)34(42)29(40)22(17(5)35)27(38)24(15(2)3)33(21,34)10/h12-13,15-16,21,24,37,39-40,42H,11,14H2,1-10H3/t16-,21-,24?,32-,33-,34+/m1/s1. The molecule has 8 nitrogen and oxygen atoms in total. The summed E-state index contributed by atoms with van der Waals surface area (Å²) < 4.78 is 0. The van der Waals surface area contributed by atoms with Crippen LogP contribution in [0.5, 0.6) is 5.75 Å². The summed E-state index contributed by atoms with van der Waals surface area (Å²) in [5.74, 6) is -7.59. The molecule has 3 aliphatic carbocycles. The summed E-state index contributed by atoms with van der Waals surface area (Å²) in [6, 6.07) is 3.60. The summed E-state index contributed by atoms with van der Waals surface area (Å²) in [5.41, 5.74) is -6.07. The quantitative estimate of drug-likeness (QED) is 0.327. The number of ketones is 4. The molecule has 0 spiro atoms. The fourth-order valence-corrected chi connectivity index (χ4v) is 8.53. The van der Waals surface area contributed by atoms with E-state index in [1.54, 1.807) is 40.7 Å². The van der Waals surface area contributed by atoms with Crippen LogP contribution in [-0.4, -0.2) is 49.2 Å². The molecular weight excluding hydrogens is 536 g/mol. The smallest absolute Gasteiger partial charge is 0.203 e. The first-order valence-corrected chi connectivity index (χ1v) is 14.7. The van der Waals surface area contributed by atoms with Gasteiger partial charge in [-0.15, -0.1) is 0 Å². The Kier molecular flexibility index (Phi) is 7.26. The third kappa shape index (κ3) is 3.69. The Morgan fingerprint density at radius 2 is 1.62 bits per heavy atom. The number of carbonyl (C=O) groups is 4. The molecule has 228 valence electrons. The van der Waals surface area contributed by atoms with E-state index in [1.807, 2.05) is 33.8 Å². The zero-order valence-electron chi connectivity index (χ0n) is 26.3. The maximum absolute atomic E-state index is 14.8. The molecule has 0 aliphatic heterocycles. The summed E-state index contributed by atoms with van der Waals surface area (Å²) in [5, 5.41) is 47.5. The molecule has 0 radical (unpaired) electrons. The Morgan fingerprint density at radius 1 is 1.05 bits per heavy atom. The molecule has 1 saturated carbocycles. The normalized spacial score (nSPS) is 33.0. The number of allylic oxidation sites excluding steroid dienone is 1. The lowest BCUT2D eigenvalue weighted by Gasteiger charge is -2.65. The Labute approximate surface area is 247 Å². The van der Waals surface area contributed by atoms with Crippen LogP contribution in [0.3, 0.4) is 0 Å².